The highest BCUT2D eigenvalue weighted by atomic mass is 16.2. The molecule has 0 saturated heterocycles. The maximum absolute atomic E-state index is 13.4. The van der Waals surface area contributed by atoms with E-state index in [0.29, 0.717) is 6.54 Å². The van der Waals surface area contributed by atoms with E-state index >= 15 is 0 Å². The van der Waals surface area contributed by atoms with Crippen molar-refractivity contribution in [1.82, 2.24) is 15.2 Å². The molecular weight excluding hydrogens is 434 g/mol. The number of aromatic nitrogens is 1. The standard InChI is InChI=1S/C30H31N3O2/c1-20(16-17-22-10-4-3-5-11-22)31-27(34)18-19-33-29(23-12-6-7-13-24(23)30(33)35)28-21(2)32-26-15-9-8-14-25(26)28/h3-15,20,29,32H,16-19H2,1-2H3,(H,31,34)/t20-,29+/m0/s1. The van der Waals surface area contributed by atoms with Crippen LogP contribution in [0.4, 0.5) is 0 Å². The number of H-pyrrole nitrogens is 1. The first-order chi connectivity index (χ1) is 17.0. The SMILES string of the molecule is Cc1[nH]c2ccccc2c1[C@H]1c2ccccc2C(=O)N1CCC(=O)N[C@@H](C)CCc1ccccc1. The van der Waals surface area contributed by atoms with Gasteiger partial charge in [0, 0.05) is 46.7 Å². The number of nitrogens with zero attached hydrogens (tertiary/aromatic N) is 1. The van der Waals surface area contributed by atoms with Gasteiger partial charge in [-0.2, -0.15) is 0 Å². The maximum Gasteiger partial charge on any atom is 0.255 e. The summed E-state index contributed by atoms with van der Waals surface area (Å²) in [6.07, 6.45) is 2.07. The Morgan fingerprint density at radius 1 is 1.00 bits per heavy atom. The zero-order valence-corrected chi connectivity index (χ0v) is 20.3. The third-order valence-electron chi connectivity index (χ3n) is 6.97. The molecule has 2 N–H and O–H groups in total. The summed E-state index contributed by atoms with van der Waals surface area (Å²) in [4.78, 5) is 31.6. The first-order valence-corrected chi connectivity index (χ1v) is 12.3. The Hall–Kier alpha value is -3.86. The number of fused-ring (bicyclic) bond motifs is 2. The number of para-hydroxylation sites is 1. The lowest BCUT2D eigenvalue weighted by Gasteiger charge is -2.26. The van der Waals surface area contributed by atoms with Crippen molar-refractivity contribution in [2.24, 2.45) is 0 Å². The van der Waals surface area contributed by atoms with Gasteiger partial charge in [0.05, 0.1) is 6.04 Å². The van der Waals surface area contributed by atoms with Gasteiger partial charge in [0.25, 0.3) is 5.91 Å². The van der Waals surface area contributed by atoms with Gasteiger partial charge in [-0.05, 0) is 49.9 Å². The molecule has 5 heteroatoms. The van der Waals surface area contributed by atoms with Crippen LogP contribution in [0.1, 0.15) is 58.5 Å². The van der Waals surface area contributed by atoms with E-state index in [0.717, 1.165) is 46.1 Å². The van der Waals surface area contributed by atoms with E-state index in [4.69, 9.17) is 0 Å². The van der Waals surface area contributed by atoms with Gasteiger partial charge in [-0.25, -0.2) is 0 Å². The number of hydrogen-bond acceptors (Lipinski definition) is 2. The van der Waals surface area contributed by atoms with Crippen molar-refractivity contribution in [3.63, 3.8) is 0 Å². The smallest absolute Gasteiger partial charge is 0.255 e. The minimum atomic E-state index is -0.210. The largest absolute Gasteiger partial charge is 0.358 e. The molecule has 5 nitrogen and oxygen atoms in total. The van der Waals surface area contributed by atoms with E-state index < -0.39 is 0 Å². The highest BCUT2D eigenvalue weighted by Gasteiger charge is 2.39. The molecule has 2 atom stereocenters. The molecule has 2 amide bonds. The minimum Gasteiger partial charge on any atom is -0.358 e. The molecule has 2 heterocycles. The summed E-state index contributed by atoms with van der Waals surface area (Å²) >= 11 is 0. The van der Waals surface area contributed by atoms with E-state index in [1.54, 1.807) is 0 Å². The van der Waals surface area contributed by atoms with Crippen molar-refractivity contribution in [2.75, 3.05) is 6.54 Å². The van der Waals surface area contributed by atoms with Gasteiger partial charge in [0.15, 0.2) is 0 Å². The number of hydrogen-bond donors (Lipinski definition) is 2. The van der Waals surface area contributed by atoms with Crippen LogP contribution in [0, 0.1) is 6.92 Å². The number of carbonyl (C=O) groups is 2. The van der Waals surface area contributed by atoms with Crippen LogP contribution < -0.4 is 5.32 Å². The van der Waals surface area contributed by atoms with Gasteiger partial charge >= 0.3 is 0 Å². The number of rotatable bonds is 8. The molecule has 0 bridgehead atoms. The monoisotopic (exact) mass is 465 g/mol. The quantitative estimate of drug-likeness (QED) is 0.358. The summed E-state index contributed by atoms with van der Waals surface area (Å²) in [6.45, 7) is 4.46. The van der Waals surface area contributed by atoms with Crippen molar-refractivity contribution < 1.29 is 9.59 Å². The van der Waals surface area contributed by atoms with Crippen molar-refractivity contribution in [3.8, 4) is 0 Å². The van der Waals surface area contributed by atoms with E-state index in [1.165, 1.54) is 5.56 Å². The lowest BCUT2D eigenvalue weighted by atomic mass is 9.95. The second-order valence-electron chi connectivity index (χ2n) is 9.44. The summed E-state index contributed by atoms with van der Waals surface area (Å²) in [5.41, 5.74) is 6.20. The Morgan fingerprint density at radius 3 is 2.54 bits per heavy atom. The van der Waals surface area contributed by atoms with Gasteiger partial charge in [-0.15, -0.1) is 0 Å². The molecule has 0 unspecified atom stereocenters. The fourth-order valence-corrected chi connectivity index (χ4v) is 5.23. The third-order valence-corrected chi connectivity index (χ3v) is 6.97. The molecule has 4 aromatic rings. The summed E-state index contributed by atoms with van der Waals surface area (Å²) in [5.74, 6) is -0.0380. The summed E-state index contributed by atoms with van der Waals surface area (Å²) in [5, 5.41) is 4.23. The zero-order chi connectivity index (χ0) is 24.4. The number of nitrogens with one attached hydrogen (secondary N) is 2. The van der Waals surface area contributed by atoms with Crippen LogP contribution in [0.5, 0.6) is 0 Å². The molecule has 3 aromatic carbocycles. The number of aromatic amines is 1. The van der Waals surface area contributed by atoms with Crippen LogP contribution in [-0.2, 0) is 11.2 Å². The number of amides is 2. The van der Waals surface area contributed by atoms with Crippen LogP contribution >= 0.6 is 0 Å². The van der Waals surface area contributed by atoms with Crippen LogP contribution in [0.2, 0.25) is 0 Å². The highest BCUT2D eigenvalue weighted by Crippen LogP contribution is 2.42. The second kappa shape index (κ2) is 9.79. The van der Waals surface area contributed by atoms with Crippen molar-refractivity contribution in [1.29, 1.82) is 0 Å². The topological polar surface area (TPSA) is 65.2 Å². The predicted octanol–water partition coefficient (Wildman–Crippen LogP) is 5.55. The average molecular weight is 466 g/mol. The molecule has 0 radical (unpaired) electrons. The van der Waals surface area contributed by atoms with Crippen LogP contribution in [-0.4, -0.2) is 34.3 Å². The first-order valence-electron chi connectivity index (χ1n) is 12.3. The van der Waals surface area contributed by atoms with Crippen molar-refractivity contribution in [2.45, 2.75) is 45.2 Å². The van der Waals surface area contributed by atoms with E-state index in [1.807, 2.05) is 66.4 Å². The van der Waals surface area contributed by atoms with Crippen LogP contribution in [0.3, 0.4) is 0 Å². The van der Waals surface area contributed by atoms with Crippen molar-refractivity contribution in [3.05, 3.63) is 107 Å². The predicted molar refractivity (Wildman–Crippen MR) is 139 cm³/mol. The Morgan fingerprint density at radius 2 is 1.71 bits per heavy atom. The van der Waals surface area contributed by atoms with Crippen LogP contribution in [0.15, 0.2) is 78.9 Å². The fourth-order valence-electron chi connectivity index (χ4n) is 5.23. The molecule has 1 aliphatic heterocycles. The Kier molecular flexibility index (Phi) is 6.41. The minimum absolute atomic E-state index is 0.0137. The summed E-state index contributed by atoms with van der Waals surface area (Å²) in [7, 11) is 0. The average Bonchev–Trinajstić information content (AvgIpc) is 3.34. The number of carbonyl (C=O) groups excluding carboxylic acids is 2. The lowest BCUT2D eigenvalue weighted by Crippen LogP contribution is -2.37. The van der Waals surface area contributed by atoms with Gasteiger partial charge in [0.1, 0.15) is 0 Å². The molecule has 1 aliphatic rings. The first kappa shape index (κ1) is 22.9. The lowest BCUT2D eigenvalue weighted by molar-refractivity contribution is -0.121. The Balaban J connectivity index is 1.31. The molecular formula is C30H31N3O2. The molecule has 0 saturated carbocycles. The Labute approximate surface area is 206 Å². The Bertz CT molecular complexity index is 1360. The van der Waals surface area contributed by atoms with Gasteiger partial charge in [0.2, 0.25) is 5.91 Å². The van der Waals surface area contributed by atoms with E-state index in [9.17, 15) is 9.59 Å². The zero-order valence-electron chi connectivity index (χ0n) is 20.3. The maximum atomic E-state index is 13.4. The third kappa shape index (κ3) is 4.59. The molecule has 1 aromatic heterocycles. The molecule has 5 rings (SSSR count). The van der Waals surface area contributed by atoms with Crippen molar-refractivity contribution >= 4 is 22.7 Å². The fraction of sp³-hybridized carbons (Fsp3) is 0.267. The molecule has 0 fully saturated rings. The molecule has 35 heavy (non-hydrogen) atoms. The normalized spacial score (nSPS) is 15.9. The van der Waals surface area contributed by atoms with Gasteiger partial charge in [-0.1, -0.05) is 66.7 Å². The number of aryl methyl sites for hydroxylation is 2. The summed E-state index contributed by atoms with van der Waals surface area (Å²) < 4.78 is 0. The van der Waals surface area contributed by atoms with Gasteiger partial charge in [-0.3, -0.25) is 9.59 Å². The van der Waals surface area contributed by atoms with Crippen LogP contribution in [0.25, 0.3) is 10.9 Å². The van der Waals surface area contributed by atoms with E-state index in [2.05, 4.69) is 41.5 Å². The second-order valence-corrected chi connectivity index (χ2v) is 9.44. The van der Waals surface area contributed by atoms with E-state index in [-0.39, 0.29) is 30.3 Å². The molecule has 0 spiro atoms. The van der Waals surface area contributed by atoms with Gasteiger partial charge < -0.3 is 15.2 Å². The molecule has 178 valence electrons. The highest BCUT2D eigenvalue weighted by molar-refractivity contribution is 6.01. The summed E-state index contributed by atoms with van der Waals surface area (Å²) in [6, 6.07) is 26.2. The number of benzene rings is 3. The molecule has 0 aliphatic carbocycles.